The molecule has 1 saturated carbocycles. The van der Waals surface area contributed by atoms with Crippen LogP contribution < -0.4 is 4.74 Å². The Morgan fingerprint density at radius 2 is 2.19 bits per heavy atom. The molecule has 1 aliphatic rings. The summed E-state index contributed by atoms with van der Waals surface area (Å²) in [5, 5.41) is 0. The van der Waals surface area contributed by atoms with Crippen molar-refractivity contribution in [1.82, 2.24) is 4.98 Å². The van der Waals surface area contributed by atoms with Crippen LogP contribution in [0.25, 0.3) is 0 Å². The second-order valence-electron chi connectivity index (χ2n) is 5.22. The normalized spacial score (nSPS) is 20.9. The summed E-state index contributed by atoms with van der Waals surface area (Å²) in [6.45, 7) is 4.61. The molecule has 1 aliphatic carbocycles. The fourth-order valence-electron chi connectivity index (χ4n) is 2.04. The Balaban J connectivity index is 1.87. The molecule has 0 spiro atoms. The summed E-state index contributed by atoms with van der Waals surface area (Å²) in [7, 11) is 0. The maximum absolute atomic E-state index is 5.69. The van der Waals surface area contributed by atoms with Crippen LogP contribution in [0.4, 0.5) is 0 Å². The van der Waals surface area contributed by atoms with Crippen LogP contribution >= 0.6 is 11.6 Å². The number of nitrogens with zero attached hydrogens (tertiary/aromatic N) is 1. The van der Waals surface area contributed by atoms with Crippen molar-refractivity contribution in [2.24, 2.45) is 5.41 Å². The maximum atomic E-state index is 5.69. The SMILES string of the molecule is CC1(C)CCC(Oc2nc(CCl)co2)CC1. The van der Waals surface area contributed by atoms with Crippen LogP contribution in [0.15, 0.2) is 10.7 Å². The Labute approximate surface area is 101 Å². The average Bonchev–Trinajstić information content (AvgIpc) is 2.69. The summed E-state index contributed by atoms with van der Waals surface area (Å²) in [6.07, 6.45) is 6.70. The Bertz CT molecular complexity index is 339. The summed E-state index contributed by atoms with van der Waals surface area (Å²) >= 11 is 5.64. The lowest BCUT2D eigenvalue weighted by atomic mass is 9.76. The van der Waals surface area contributed by atoms with E-state index in [1.807, 2.05) is 0 Å². The molecule has 0 aliphatic heterocycles. The molecule has 2 rings (SSSR count). The van der Waals surface area contributed by atoms with Crippen molar-refractivity contribution in [3.8, 4) is 6.08 Å². The van der Waals surface area contributed by atoms with Crippen LogP contribution in [0.5, 0.6) is 6.08 Å². The number of rotatable bonds is 3. The third-order valence-corrected chi connectivity index (χ3v) is 3.50. The summed E-state index contributed by atoms with van der Waals surface area (Å²) in [5.41, 5.74) is 1.19. The van der Waals surface area contributed by atoms with Crippen molar-refractivity contribution in [3.63, 3.8) is 0 Å². The van der Waals surface area contributed by atoms with Gasteiger partial charge in [-0.2, -0.15) is 4.98 Å². The fraction of sp³-hybridized carbons (Fsp3) is 0.750. The highest BCUT2D eigenvalue weighted by Gasteiger charge is 2.28. The zero-order valence-corrected chi connectivity index (χ0v) is 10.6. The first kappa shape index (κ1) is 11.8. The molecule has 1 aromatic rings. The van der Waals surface area contributed by atoms with Gasteiger partial charge in [-0.15, -0.1) is 11.6 Å². The number of aromatic nitrogens is 1. The molecule has 0 bridgehead atoms. The van der Waals surface area contributed by atoms with Crippen LogP contribution in [0, 0.1) is 5.41 Å². The summed E-state index contributed by atoms with van der Waals surface area (Å²) in [4.78, 5) is 4.14. The average molecular weight is 244 g/mol. The van der Waals surface area contributed by atoms with E-state index in [-0.39, 0.29) is 6.10 Å². The lowest BCUT2D eigenvalue weighted by molar-refractivity contribution is 0.0726. The van der Waals surface area contributed by atoms with Gasteiger partial charge in [-0.05, 0) is 31.1 Å². The first-order chi connectivity index (χ1) is 7.59. The highest BCUT2D eigenvalue weighted by molar-refractivity contribution is 6.16. The van der Waals surface area contributed by atoms with Crippen LogP contribution in [-0.2, 0) is 5.88 Å². The zero-order valence-electron chi connectivity index (χ0n) is 9.83. The Kier molecular flexibility index (Phi) is 3.43. The summed E-state index contributed by atoms with van der Waals surface area (Å²) in [6, 6.07) is 0. The molecule has 16 heavy (non-hydrogen) atoms. The second kappa shape index (κ2) is 4.66. The van der Waals surface area contributed by atoms with E-state index < -0.39 is 0 Å². The van der Waals surface area contributed by atoms with Crippen molar-refractivity contribution in [2.45, 2.75) is 51.5 Å². The highest BCUT2D eigenvalue weighted by Crippen LogP contribution is 2.36. The highest BCUT2D eigenvalue weighted by atomic mass is 35.5. The van der Waals surface area contributed by atoms with Crippen LogP contribution in [-0.4, -0.2) is 11.1 Å². The van der Waals surface area contributed by atoms with Gasteiger partial charge in [-0.25, -0.2) is 0 Å². The second-order valence-corrected chi connectivity index (χ2v) is 5.49. The van der Waals surface area contributed by atoms with Gasteiger partial charge in [0.25, 0.3) is 0 Å². The van der Waals surface area contributed by atoms with Gasteiger partial charge in [-0.3, -0.25) is 0 Å². The molecule has 0 radical (unpaired) electrons. The third kappa shape index (κ3) is 2.91. The monoisotopic (exact) mass is 243 g/mol. The number of halogens is 1. The van der Waals surface area contributed by atoms with Crippen LogP contribution in [0.2, 0.25) is 0 Å². The lowest BCUT2D eigenvalue weighted by Gasteiger charge is -2.33. The molecular formula is C12H18ClNO2. The minimum Gasteiger partial charge on any atom is -0.447 e. The molecule has 0 saturated heterocycles. The van der Waals surface area contributed by atoms with E-state index in [1.165, 1.54) is 12.8 Å². The number of ether oxygens (including phenoxy) is 1. The third-order valence-electron chi connectivity index (χ3n) is 3.22. The van der Waals surface area contributed by atoms with E-state index in [1.54, 1.807) is 6.26 Å². The molecule has 1 heterocycles. The first-order valence-corrected chi connectivity index (χ1v) is 6.29. The van der Waals surface area contributed by atoms with Gasteiger partial charge in [0.05, 0.1) is 11.6 Å². The predicted molar refractivity (Wildman–Crippen MR) is 62.7 cm³/mol. The van der Waals surface area contributed by atoms with Gasteiger partial charge >= 0.3 is 6.08 Å². The summed E-state index contributed by atoms with van der Waals surface area (Å²) in [5.74, 6) is 0.366. The Hall–Kier alpha value is -0.700. The molecule has 1 fully saturated rings. The van der Waals surface area contributed by atoms with Gasteiger partial charge in [-0.1, -0.05) is 13.8 Å². The van der Waals surface area contributed by atoms with Crippen molar-refractivity contribution < 1.29 is 9.15 Å². The molecule has 0 N–H and O–H groups in total. The Morgan fingerprint density at radius 3 is 2.75 bits per heavy atom. The van der Waals surface area contributed by atoms with Crippen LogP contribution in [0.3, 0.4) is 0 Å². The lowest BCUT2D eigenvalue weighted by Crippen LogP contribution is -2.28. The molecule has 0 unspecified atom stereocenters. The van der Waals surface area contributed by atoms with Gasteiger partial charge in [0, 0.05) is 0 Å². The van der Waals surface area contributed by atoms with Gasteiger partial charge in [0.1, 0.15) is 12.4 Å². The first-order valence-electron chi connectivity index (χ1n) is 5.76. The largest absolute Gasteiger partial charge is 0.447 e. The zero-order chi connectivity index (χ0) is 11.6. The minimum atomic E-state index is 0.245. The molecule has 90 valence electrons. The van der Waals surface area contributed by atoms with E-state index in [0.29, 0.717) is 17.4 Å². The molecule has 3 nitrogen and oxygen atoms in total. The smallest absolute Gasteiger partial charge is 0.394 e. The number of hydrogen-bond acceptors (Lipinski definition) is 3. The van der Waals surface area contributed by atoms with Gasteiger partial charge in [0.2, 0.25) is 0 Å². The molecule has 0 atom stereocenters. The number of alkyl halides is 1. The van der Waals surface area contributed by atoms with Crippen molar-refractivity contribution in [3.05, 3.63) is 12.0 Å². The van der Waals surface area contributed by atoms with E-state index in [4.69, 9.17) is 20.8 Å². The number of oxazole rings is 1. The van der Waals surface area contributed by atoms with Crippen molar-refractivity contribution in [2.75, 3.05) is 0 Å². The van der Waals surface area contributed by atoms with E-state index >= 15 is 0 Å². The van der Waals surface area contributed by atoms with Crippen LogP contribution in [0.1, 0.15) is 45.2 Å². The van der Waals surface area contributed by atoms with Crippen molar-refractivity contribution in [1.29, 1.82) is 0 Å². The molecule has 0 aromatic carbocycles. The number of hydrogen-bond donors (Lipinski definition) is 0. The molecular weight excluding hydrogens is 226 g/mol. The Morgan fingerprint density at radius 1 is 1.50 bits per heavy atom. The minimum absolute atomic E-state index is 0.245. The van der Waals surface area contributed by atoms with E-state index in [9.17, 15) is 0 Å². The molecule has 1 aromatic heterocycles. The molecule has 4 heteroatoms. The quantitative estimate of drug-likeness (QED) is 0.759. The topological polar surface area (TPSA) is 35.3 Å². The van der Waals surface area contributed by atoms with Gasteiger partial charge in [0.15, 0.2) is 0 Å². The predicted octanol–water partition coefficient (Wildman–Crippen LogP) is 3.76. The summed E-state index contributed by atoms with van der Waals surface area (Å²) < 4.78 is 10.9. The van der Waals surface area contributed by atoms with Gasteiger partial charge < -0.3 is 9.15 Å². The molecule has 0 amide bonds. The van der Waals surface area contributed by atoms with Crippen molar-refractivity contribution >= 4 is 11.6 Å². The fourth-order valence-corrected chi connectivity index (χ4v) is 2.16. The maximum Gasteiger partial charge on any atom is 0.394 e. The van der Waals surface area contributed by atoms with E-state index in [0.717, 1.165) is 18.5 Å². The standard InChI is InChI=1S/C12H18ClNO2/c1-12(2)5-3-10(4-6-12)16-11-14-9(7-13)8-15-11/h8,10H,3-7H2,1-2H3. The van der Waals surface area contributed by atoms with E-state index in [2.05, 4.69) is 18.8 Å².